The molecule has 0 aliphatic carbocycles. The second kappa shape index (κ2) is 15.3. The van der Waals surface area contributed by atoms with E-state index in [0.717, 1.165) is 46.6 Å². The highest BCUT2D eigenvalue weighted by Crippen LogP contribution is 2.33. The molecule has 0 radical (unpaired) electrons. The second-order valence-electron chi connectivity index (χ2n) is 12.5. The van der Waals surface area contributed by atoms with Crippen LogP contribution in [0.3, 0.4) is 0 Å². The summed E-state index contributed by atoms with van der Waals surface area (Å²) in [5, 5.41) is 0. The van der Waals surface area contributed by atoms with Gasteiger partial charge in [0.1, 0.15) is 6.04 Å². The number of halogens is 6. The third-order valence-electron chi connectivity index (χ3n) is 9.00. The molecule has 0 fully saturated rings. The molecule has 2 amide bonds. The van der Waals surface area contributed by atoms with Gasteiger partial charge in [-0.2, -0.15) is 26.3 Å². The Kier molecular flexibility index (Phi) is 10.6. The average Bonchev–Trinajstić information content (AvgIpc) is 3.15. The predicted molar refractivity (Wildman–Crippen MR) is 185 cm³/mol. The van der Waals surface area contributed by atoms with Crippen molar-refractivity contribution >= 4 is 17.9 Å². The van der Waals surface area contributed by atoms with E-state index >= 15 is 0 Å². The van der Waals surface area contributed by atoms with Crippen LogP contribution in [0.4, 0.5) is 26.3 Å². The molecule has 266 valence electrons. The molecular formula is C41H33F6N3O2. The van der Waals surface area contributed by atoms with Crippen LogP contribution in [0.2, 0.25) is 0 Å². The topological polar surface area (TPSA) is 53.5 Å². The first-order valence-electron chi connectivity index (χ1n) is 16.5. The zero-order valence-corrected chi connectivity index (χ0v) is 27.7. The van der Waals surface area contributed by atoms with Crippen LogP contribution in [0.1, 0.15) is 38.9 Å². The van der Waals surface area contributed by atoms with Gasteiger partial charge in [0.15, 0.2) is 0 Å². The molecule has 0 saturated carbocycles. The zero-order valence-electron chi connectivity index (χ0n) is 27.7. The highest BCUT2D eigenvalue weighted by Gasteiger charge is 2.36. The van der Waals surface area contributed by atoms with Gasteiger partial charge in [-0.15, -0.1) is 0 Å². The minimum absolute atomic E-state index is 0.00935. The zero-order chi connectivity index (χ0) is 36.9. The first kappa shape index (κ1) is 36.1. The summed E-state index contributed by atoms with van der Waals surface area (Å²) in [6.45, 7) is 0.167. The number of pyridine rings is 1. The van der Waals surface area contributed by atoms with E-state index in [1.165, 1.54) is 40.2 Å². The molecule has 52 heavy (non-hydrogen) atoms. The van der Waals surface area contributed by atoms with Crippen LogP contribution in [-0.4, -0.2) is 39.2 Å². The molecule has 1 aliphatic rings. The summed E-state index contributed by atoms with van der Waals surface area (Å²) in [6.07, 6.45) is -4.33. The molecule has 11 heteroatoms. The molecule has 4 aromatic carbocycles. The normalized spacial score (nSPS) is 13.8. The van der Waals surface area contributed by atoms with E-state index in [-0.39, 0.29) is 26.1 Å². The maximum atomic E-state index is 14.5. The Labute approximate surface area is 296 Å². The van der Waals surface area contributed by atoms with Crippen molar-refractivity contribution in [2.75, 3.05) is 6.54 Å². The summed E-state index contributed by atoms with van der Waals surface area (Å²) in [6, 6.07) is 28.8. The molecule has 6 rings (SSSR count). The number of benzene rings is 4. The van der Waals surface area contributed by atoms with Crippen LogP contribution in [0, 0.1) is 0 Å². The van der Waals surface area contributed by atoms with Crippen molar-refractivity contribution in [3.63, 3.8) is 0 Å². The molecule has 2 heterocycles. The van der Waals surface area contributed by atoms with Gasteiger partial charge >= 0.3 is 12.4 Å². The molecule has 1 aromatic heterocycles. The summed E-state index contributed by atoms with van der Waals surface area (Å²) in [7, 11) is 0. The van der Waals surface area contributed by atoms with Crippen molar-refractivity contribution in [1.29, 1.82) is 0 Å². The number of nitrogens with zero attached hydrogens (tertiary/aromatic N) is 3. The van der Waals surface area contributed by atoms with Crippen LogP contribution in [-0.2, 0) is 47.9 Å². The lowest BCUT2D eigenvalue weighted by atomic mass is 9.95. The number of fused-ring (bicyclic) bond motifs is 1. The Bertz CT molecular complexity index is 2030. The summed E-state index contributed by atoms with van der Waals surface area (Å²) >= 11 is 0. The maximum absolute atomic E-state index is 14.5. The maximum Gasteiger partial charge on any atom is 0.416 e. The minimum Gasteiger partial charge on any atom is -0.336 e. The number of carbonyl (C=O) groups is 2. The third kappa shape index (κ3) is 8.77. The van der Waals surface area contributed by atoms with Gasteiger partial charge in [-0.05, 0) is 76.7 Å². The number of alkyl halides is 6. The highest BCUT2D eigenvalue weighted by molar-refractivity contribution is 5.96. The van der Waals surface area contributed by atoms with Gasteiger partial charge in [0.05, 0.1) is 16.8 Å². The van der Waals surface area contributed by atoms with Gasteiger partial charge in [0.25, 0.3) is 0 Å². The highest BCUT2D eigenvalue weighted by atomic mass is 19.4. The molecule has 5 aromatic rings. The van der Waals surface area contributed by atoms with E-state index in [0.29, 0.717) is 23.1 Å². The van der Waals surface area contributed by atoms with Crippen LogP contribution >= 0.6 is 0 Å². The van der Waals surface area contributed by atoms with Gasteiger partial charge in [-0.25, -0.2) is 0 Å². The number of aromatic nitrogens is 1. The predicted octanol–water partition coefficient (Wildman–Crippen LogP) is 9.02. The Morgan fingerprint density at radius 2 is 1.42 bits per heavy atom. The first-order valence-corrected chi connectivity index (χ1v) is 16.5. The van der Waals surface area contributed by atoms with Gasteiger partial charge < -0.3 is 9.80 Å². The van der Waals surface area contributed by atoms with E-state index in [1.54, 1.807) is 24.4 Å². The van der Waals surface area contributed by atoms with Crippen LogP contribution in [0.25, 0.3) is 17.3 Å². The van der Waals surface area contributed by atoms with Crippen LogP contribution in [0.15, 0.2) is 128 Å². The van der Waals surface area contributed by atoms with E-state index in [9.17, 15) is 35.9 Å². The number of amides is 2. The van der Waals surface area contributed by atoms with Crippen molar-refractivity contribution in [2.45, 2.75) is 44.3 Å². The molecule has 1 atom stereocenters. The lowest BCUT2D eigenvalue weighted by Crippen LogP contribution is -2.52. The van der Waals surface area contributed by atoms with Gasteiger partial charge in [-0.1, -0.05) is 78.9 Å². The third-order valence-corrected chi connectivity index (χ3v) is 9.00. The lowest BCUT2D eigenvalue weighted by Gasteiger charge is -2.37. The Morgan fingerprint density at radius 1 is 0.750 bits per heavy atom. The summed E-state index contributed by atoms with van der Waals surface area (Å²) in [5.74, 6) is -1.01. The van der Waals surface area contributed by atoms with Crippen LogP contribution < -0.4 is 0 Å². The minimum atomic E-state index is -4.55. The van der Waals surface area contributed by atoms with Crippen molar-refractivity contribution in [3.05, 3.63) is 166 Å². The second-order valence-corrected chi connectivity index (χ2v) is 12.5. The van der Waals surface area contributed by atoms with E-state index < -0.39 is 41.3 Å². The number of hydrogen-bond acceptors (Lipinski definition) is 3. The van der Waals surface area contributed by atoms with E-state index in [4.69, 9.17) is 0 Å². The number of hydrogen-bond donors (Lipinski definition) is 0. The quantitative estimate of drug-likeness (QED) is 0.113. The Hall–Kier alpha value is -5.71. The Morgan fingerprint density at radius 3 is 2.08 bits per heavy atom. The van der Waals surface area contributed by atoms with Crippen LogP contribution in [0.5, 0.6) is 0 Å². The monoisotopic (exact) mass is 713 g/mol. The fourth-order valence-corrected chi connectivity index (χ4v) is 6.20. The smallest absolute Gasteiger partial charge is 0.336 e. The van der Waals surface area contributed by atoms with E-state index in [2.05, 4.69) is 4.98 Å². The molecular weight excluding hydrogens is 680 g/mol. The average molecular weight is 714 g/mol. The molecule has 0 unspecified atom stereocenters. The summed E-state index contributed by atoms with van der Waals surface area (Å²) in [4.78, 5) is 36.0. The number of rotatable bonds is 9. The fourth-order valence-electron chi connectivity index (χ4n) is 6.20. The molecule has 1 aliphatic heterocycles. The Balaban J connectivity index is 1.35. The SMILES string of the molecule is O=C([C@H](Cc1ccccc1)N(Cc1ccc(-c2ccccn2)cc1)C(=O)C=Cc1ccc(C(F)(F)F)cc1)N1CCc2ccc(C(F)(F)F)cc2C1. The molecule has 0 saturated heterocycles. The molecule has 5 nitrogen and oxygen atoms in total. The van der Waals surface area contributed by atoms with Crippen molar-refractivity contribution in [2.24, 2.45) is 0 Å². The fraction of sp³-hybridized carbons (Fsp3) is 0.195. The van der Waals surface area contributed by atoms with E-state index in [1.807, 2.05) is 54.6 Å². The van der Waals surface area contributed by atoms with Crippen molar-refractivity contribution in [1.82, 2.24) is 14.8 Å². The van der Waals surface area contributed by atoms with Gasteiger partial charge in [0.2, 0.25) is 11.8 Å². The largest absolute Gasteiger partial charge is 0.416 e. The molecule has 0 N–H and O–H groups in total. The summed E-state index contributed by atoms with van der Waals surface area (Å²) in [5.41, 5.74) is 2.86. The lowest BCUT2D eigenvalue weighted by molar-refractivity contribution is -0.144. The van der Waals surface area contributed by atoms with Gasteiger partial charge in [-0.3, -0.25) is 14.6 Å². The summed E-state index contributed by atoms with van der Waals surface area (Å²) < 4.78 is 80.2. The van der Waals surface area contributed by atoms with Crippen molar-refractivity contribution < 1.29 is 35.9 Å². The van der Waals surface area contributed by atoms with Gasteiger partial charge in [0, 0.05) is 43.9 Å². The first-order chi connectivity index (χ1) is 24.8. The molecule has 0 bridgehead atoms. The number of carbonyl (C=O) groups excluding carboxylic acids is 2. The molecule has 0 spiro atoms. The van der Waals surface area contributed by atoms with Crippen molar-refractivity contribution in [3.8, 4) is 11.3 Å². The standard InChI is InChI=1S/C41H33F6N3O2/c42-40(43,44)34-17-11-28(12-18-34)13-20-38(51)50(26-30-9-14-32(15-10-30)36-8-4-5-22-48-36)37(24-29-6-2-1-3-7-29)39(52)49-23-21-31-16-19-35(41(45,46)47)25-33(31)27-49/h1-20,22,25,37H,21,23-24,26-27H2/t37-/m0/s1.